The summed E-state index contributed by atoms with van der Waals surface area (Å²) < 4.78 is 3.13. The largest absolute Gasteiger partial charge is 0.270 e. The molecule has 134 valence electrons. The van der Waals surface area contributed by atoms with Gasteiger partial charge in [-0.1, -0.05) is 52.0 Å². The fourth-order valence-electron chi connectivity index (χ4n) is 2.78. The van der Waals surface area contributed by atoms with E-state index in [0.29, 0.717) is 0 Å². The second-order valence-electron chi connectivity index (χ2n) is 6.07. The standard InChI is InChI=1S/C21H17BrN4S/c1-15-5-2-3-6-17(15)14-27-21-25-24-20(16-7-4-12-23-13-16)26(21)19-10-8-18(22)9-11-19/h2-13H,14H2,1H3. The lowest BCUT2D eigenvalue weighted by Crippen LogP contribution is -2.00. The predicted molar refractivity (Wildman–Crippen MR) is 113 cm³/mol. The quantitative estimate of drug-likeness (QED) is 0.376. The predicted octanol–water partition coefficient (Wildman–Crippen LogP) is 5.69. The minimum atomic E-state index is 0.790. The summed E-state index contributed by atoms with van der Waals surface area (Å²) in [4.78, 5) is 4.23. The van der Waals surface area contributed by atoms with Crippen LogP contribution in [0.3, 0.4) is 0 Å². The highest BCUT2D eigenvalue weighted by Gasteiger charge is 2.16. The molecule has 2 aromatic carbocycles. The van der Waals surface area contributed by atoms with Crippen LogP contribution in [-0.4, -0.2) is 19.7 Å². The van der Waals surface area contributed by atoms with Crippen LogP contribution in [0.4, 0.5) is 0 Å². The van der Waals surface area contributed by atoms with Crippen LogP contribution in [0.1, 0.15) is 11.1 Å². The molecule has 0 fully saturated rings. The first kappa shape index (κ1) is 17.9. The zero-order valence-electron chi connectivity index (χ0n) is 14.7. The Morgan fingerprint density at radius 3 is 2.52 bits per heavy atom. The molecule has 0 aliphatic heterocycles. The molecule has 0 atom stereocenters. The van der Waals surface area contributed by atoms with E-state index in [1.54, 1.807) is 18.0 Å². The van der Waals surface area contributed by atoms with Crippen molar-refractivity contribution in [3.05, 3.63) is 88.7 Å². The van der Waals surface area contributed by atoms with Gasteiger partial charge in [0.1, 0.15) is 0 Å². The van der Waals surface area contributed by atoms with E-state index in [1.807, 2.05) is 30.5 Å². The van der Waals surface area contributed by atoms with Crippen LogP contribution < -0.4 is 0 Å². The van der Waals surface area contributed by atoms with Crippen molar-refractivity contribution in [3.8, 4) is 17.1 Å². The molecule has 0 aliphatic rings. The first-order chi connectivity index (χ1) is 13.2. The minimum Gasteiger partial charge on any atom is -0.270 e. The maximum absolute atomic E-state index is 4.47. The Hall–Kier alpha value is -2.44. The van der Waals surface area contributed by atoms with Gasteiger partial charge in [-0.2, -0.15) is 0 Å². The van der Waals surface area contributed by atoms with Gasteiger partial charge in [0.05, 0.1) is 0 Å². The lowest BCUT2D eigenvalue weighted by molar-refractivity contribution is 0.885. The van der Waals surface area contributed by atoms with Gasteiger partial charge in [0.2, 0.25) is 0 Å². The van der Waals surface area contributed by atoms with E-state index in [0.717, 1.165) is 32.5 Å². The molecular formula is C21H17BrN4S. The van der Waals surface area contributed by atoms with Gasteiger partial charge in [-0.25, -0.2) is 0 Å². The van der Waals surface area contributed by atoms with E-state index in [2.05, 4.69) is 79.0 Å². The smallest absolute Gasteiger partial charge is 0.196 e. The molecule has 0 spiro atoms. The van der Waals surface area contributed by atoms with Gasteiger partial charge >= 0.3 is 0 Å². The molecule has 6 heteroatoms. The summed E-state index contributed by atoms with van der Waals surface area (Å²) in [6, 6.07) is 20.5. The number of hydrogen-bond donors (Lipinski definition) is 0. The maximum atomic E-state index is 4.47. The van der Waals surface area contributed by atoms with Gasteiger partial charge < -0.3 is 0 Å². The molecule has 0 saturated heterocycles. The third kappa shape index (κ3) is 3.96. The molecule has 0 aliphatic carbocycles. The Balaban J connectivity index is 1.74. The van der Waals surface area contributed by atoms with Crippen molar-refractivity contribution in [1.29, 1.82) is 0 Å². The minimum absolute atomic E-state index is 0.790. The maximum Gasteiger partial charge on any atom is 0.196 e. The first-order valence-electron chi connectivity index (χ1n) is 8.51. The second-order valence-corrected chi connectivity index (χ2v) is 7.93. The highest BCUT2D eigenvalue weighted by Crippen LogP contribution is 2.30. The molecule has 2 aromatic heterocycles. The van der Waals surface area contributed by atoms with Crippen LogP contribution in [0.25, 0.3) is 17.1 Å². The number of thioether (sulfide) groups is 1. The van der Waals surface area contributed by atoms with Crippen LogP contribution in [0.5, 0.6) is 0 Å². The van der Waals surface area contributed by atoms with Crippen molar-refractivity contribution >= 4 is 27.7 Å². The number of halogens is 1. The first-order valence-corrected chi connectivity index (χ1v) is 10.3. The lowest BCUT2D eigenvalue weighted by Gasteiger charge is -2.11. The monoisotopic (exact) mass is 436 g/mol. The van der Waals surface area contributed by atoms with Crippen molar-refractivity contribution in [2.75, 3.05) is 0 Å². The third-order valence-corrected chi connectivity index (χ3v) is 5.76. The highest BCUT2D eigenvalue weighted by molar-refractivity contribution is 9.10. The van der Waals surface area contributed by atoms with E-state index in [-0.39, 0.29) is 0 Å². The Bertz CT molecular complexity index is 1050. The van der Waals surface area contributed by atoms with E-state index in [4.69, 9.17) is 0 Å². The molecule has 0 N–H and O–H groups in total. The molecule has 0 saturated carbocycles. The fourth-order valence-corrected chi connectivity index (χ4v) is 4.08. The van der Waals surface area contributed by atoms with Crippen LogP contribution >= 0.6 is 27.7 Å². The van der Waals surface area contributed by atoms with Crippen LogP contribution in [0, 0.1) is 6.92 Å². The van der Waals surface area contributed by atoms with Crippen LogP contribution in [0.2, 0.25) is 0 Å². The molecule has 0 bridgehead atoms. The molecule has 4 nitrogen and oxygen atoms in total. The van der Waals surface area contributed by atoms with Crippen molar-refractivity contribution < 1.29 is 0 Å². The number of aryl methyl sites for hydroxylation is 1. The number of aromatic nitrogens is 4. The summed E-state index contributed by atoms with van der Waals surface area (Å²) in [5.74, 6) is 1.63. The molecule has 4 rings (SSSR count). The van der Waals surface area contributed by atoms with E-state index >= 15 is 0 Å². The lowest BCUT2D eigenvalue weighted by atomic mass is 10.1. The highest BCUT2D eigenvalue weighted by atomic mass is 79.9. The van der Waals surface area contributed by atoms with Crippen LogP contribution in [-0.2, 0) is 5.75 Å². The molecule has 27 heavy (non-hydrogen) atoms. The molecule has 4 aromatic rings. The Morgan fingerprint density at radius 2 is 1.78 bits per heavy atom. The van der Waals surface area contributed by atoms with Gasteiger partial charge in [0, 0.05) is 33.9 Å². The number of hydrogen-bond acceptors (Lipinski definition) is 4. The van der Waals surface area contributed by atoms with Crippen molar-refractivity contribution in [1.82, 2.24) is 19.7 Å². The summed E-state index contributed by atoms with van der Waals surface area (Å²) in [5, 5.41) is 9.79. The number of nitrogens with zero attached hydrogens (tertiary/aromatic N) is 4. The summed E-state index contributed by atoms with van der Waals surface area (Å²) in [6.07, 6.45) is 3.58. The van der Waals surface area contributed by atoms with Gasteiger partial charge in [0.15, 0.2) is 11.0 Å². The van der Waals surface area contributed by atoms with Gasteiger partial charge in [-0.3, -0.25) is 9.55 Å². The zero-order chi connectivity index (χ0) is 18.6. The topological polar surface area (TPSA) is 43.6 Å². The van der Waals surface area contributed by atoms with Crippen molar-refractivity contribution in [2.24, 2.45) is 0 Å². The van der Waals surface area contributed by atoms with Gasteiger partial charge in [-0.05, 0) is 54.4 Å². The van der Waals surface area contributed by atoms with Crippen molar-refractivity contribution in [2.45, 2.75) is 17.8 Å². The molecule has 0 amide bonds. The summed E-state index contributed by atoms with van der Waals surface area (Å²) >= 11 is 5.19. The Morgan fingerprint density at radius 1 is 0.963 bits per heavy atom. The number of benzene rings is 2. The van der Waals surface area contributed by atoms with E-state index in [9.17, 15) is 0 Å². The number of pyridine rings is 1. The molecule has 2 heterocycles. The molecule has 0 radical (unpaired) electrons. The van der Waals surface area contributed by atoms with E-state index in [1.165, 1.54) is 11.1 Å². The fraction of sp³-hybridized carbons (Fsp3) is 0.0952. The second kappa shape index (κ2) is 8.06. The van der Waals surface area contributed by atoms with Gasteiger partial charge in [-0.15, -0.1) is 10.2 Å². The molecule has 0 unspecified atom stereocenters. The summed E-state index contributed by atoms with van der Waals surface area (Å²) in [5.41, 5.74) is 4.55. The normalized spacial score (nSPS) is 10.9. The SMILES string of the molecule is Cc1ccccc1CSc1nnc(-c2cccnc2)n1-c1ccc(Br)cc1. The van der Waals surface area contributed by atoms with Crippen LogP contribution in [0.15, 0.2) is 82.7 Å². The van der Waals surface area contributed by atoms with Crippen molar-refractivity contribution in [3.63, 3.8) is 0 Å². The number of rotatable bonds is 5. The van der Waals surface area contributed by atoms with Gasteiger partial charge in [0.25, 0.3) is 0 Å². The Labute approximate surface area is 170 Å². The summed E-state index contributed by atoms with van der Waals surface area (Å²) in [6.45, 7) is 2.14. The Kier molecular flexibility index (Phi) is 5.36. The average Bonchev–Trinajstić information content (AvgIpc) is 3.12. The third-order valence-electron chi connectivity index (χ3n) is 4.26. The van der Waals surface area contributed by atoms with E-state index < -0.39 is 0 Å². The zero-order valence-corrected chi connectivity index (χ0v) is 17.1. The summed E-state index contributed by atoms with van der Waals surface area (Å²) in [7, 11) is 0. The molecular weight excluding hydrogens is 420 g/mol. The average molecular weight is 437 g/mol.